The van der Waals surface area contributed by atoms with E-state index in [9.17, 15) is 13.6 Å². The number of amides is 1. The van der Waals surface area contributed by atoms with Crippen molar-refractivity contribution in [2.45, 2.75) is 11.8 Å². The Labute approximate surface area is 178 Å². The number of hydrogen-bond donors (Lipinski definition) is 2. The van der Waals surface area contributed by atoms with Crippen LogP contribution in [0.2, 0.25) is 10.0 Å². The van der Waals surface area contributed by atoms with E-state index in [1.807, 2.05) is 0 Å². The zero-order valence-corrected chi connectivity index (χ0v) is 16.8. The smallest absolute Gasteiger partial charge is 0.387 e. The van der Waals surface area contributed by atoms with E-state index < -0.39 is 6.61 Å². The number of para-hydroxylation sites is 1. The Balaban J connectivity index is 1.64. The number of carbonyl (C=O) groups excluding carboxylic acids is 1. The molecular formula is C17H13Cl2F2N5O2S. The highest BCUT2D eigenvalue weighted by molar-refractivity contribution is 7.99. The van der Waals surface area contributed by atoms with E-state index in [-0.39, 0.29) is 22.6 Å². The number of aromatic nitrogens is 3. The van der Waals surface area contributed by atoms with Crippen molar-refractivity contribution in [2.24, 2.45) is 0 Å². The average Bonchev–Trinajstić information content (AvgIpc) is 3.04. The van der Waals surface area contributed by atoms with Gasteiger partial charge in [0.05, 0.1) is 21.5 Å². The number of hydrogen-bond acceptors (Lipinski definition) is 6. The summed E-state index contributed by atoms with van der Waals surface area (Å²) in [4.78, 5) is 12.2. The molecule has 0 unspecified atom stereocenters. The van der Waals surface area contributed by atoms with Gasteiger partial charge >= 0.3 is 6.61 Å². The van der Waals surface area contributed by atoms with Gasteiger partial charge in [0.25, 0.3) is 0 Å². The number of nitrogens with zero attached hydrogens (tertiary/aromatic N) is 3. The van der Waals surface area contributed by atoms with Crippen molar-refractivity contribution in [3.63, 3.8) is 0 Å². The summed E-state index contributed by atoms with van der Waals surface area (Å²) in [5, 5.41) is 11.5. The highest BCUT2D eigenvalue weighted by Crippen LogP contribution is 2.30. The summed E-state index contributed by atoms with van der Waals surface area (Å²) in [5.41, 5.74) is 0.864. The minimum atomic E-state index is -2.91. The Morgan fingerprint density at radius 3 is 2.45 bits per heavy atom. The molecule has 0 spiro atoms. The van der Waals surface area contributed by atoms with Crippen LogP contribution >= 0.6 is 35.0 Å². The van der Waals surface area contributed by atoms with E-state index in [4.69, 9.17) is 29.0 Å². The number of benzene rings is 2. The fourth-order valence-electron chi connectivity index (χ4n) is 2.28. The first-order valence-corrected chi connectivity index (χ1v) is 9.71. The van der Waals surface area contributed by atoms with E-state index in [1.54, 1.807) is 18.2 Å². The van der Waals surface area contributed by atoms with Crippen LogP contribution in [0, 0.1) is 0 Å². The summed E-state index contributed by atoms with van der Waals surface area (Å²) in [5.74, 6) is 5.92. The molecule has 0 aliphatic carbocycles. The largest absolute Gasteiger partial charge is 0.435 e. The number of nitrogen functional groups attached to an aromatic ring is 1. The Morgan fingerprint density at radius 2 is 1.83 bits per heavy atom. The van der Waals surface area contributed by atoms with Crippen molar-refractivity contribution in [1.82, 2.24) is 14.9 Å². The topological polar surface area (TPSA) is 95.1 Å². The number of thioether (sulfide) groups is 1. The van der Waals surface area contributed by atoms with E-state index in [1.165, 1.54) is 28.9 Å². The number of ether oxygens (including phenoxy) is 1. The van der Waals surface area contributed by atoms with Gasteiger partial charge in [0, 0.05) is 5.56 Å². The predicted molar refractivity (Wildman–Crippen MR) is 108 cm³/mol. The molecule has 29 heavy (non-hydrogen) atoms. The molecule has 12 heteroatoms. The van der Waals surface area contributed by atoms with Gasteiger partial charge in [-0.1, -0.05) is 41.0 Å². The Bertz CT molecular complexity index is 997. The number of alkyl halides is 2. The van der Waals surface area contributed by atoms with Crippen molar-refractivity contribution in [3.8, 4) is 17.1 Å². The van der Waals surface area contributed by atoms with Crippen molar-refractivity contribution >= 4 is 46.6 Å². The minimum absolute atomic E-state index is 0.0105. The van der Waals surface area contributed by atoms with Crippen molar-refractivity contribution in [3.05, 3.63) is 52.5 Å². The van der Waals surface area contributed by atoms with Gasteiger partial charge in [-0.2, -0.15) is 8.78 Å². The van der Waals surface area contributed by atoms with Crippen LogP contribution < -0.4 is 15.9 Å². The number of nitrogens with one attached hydrogen (secondary N) is 1. The van der Waals surface area contributed by atoms with Gasteiger partial charge in [-0.25, -0.2) is 4.68 Å². The van der Waals surface area contributed by atoms with Gasteiger partial charge in [0.2, 0.25) is 11.1 Å². The van der Waals surface area contributed by atoms with E-state index in [0.29, 0.717) is 27.1 Å². The number of nitrogens with two attached hydrogens (primary N) is 1. The molecule has 0 saturated heterocycles. The lowest BCUT2D eigenvalue weighted by Gasteiger charge is -2.09. The van der Waals surface area contributed by atoms with E-state index in [0.717, 1.165) is 11.8 Å². The molecular weight excluding hydrogens is 447 g/mol. The summed E-state index contributed by atoms with van der Waals surface area (Å²) in [7, 11) is 0. The lowest BCUT2D eigenvalue weighted by atomic mass is 10.2. The van der Waals surface area contributed by atoms with E-state index in [2.05, 4.69) is 20.3 Å². The maximum atomic E-state index is 12.2. The first-order valence-electron chi connectivity index (χ1n) is 7.97. The molecule has 0 fully saturated rings. The molecule has 3 rings (SSSR count). The highest BCUT2D eigenvalue weighted by Gasteiger charge is 2.15. The number of rotatable bonds is 7. The van der Waals surface area contributed by atoms with Crippen LogP contribution in [-0.2, 0) is 4.79 Å². The maximum Gasteiger partial charge on any atom is 0.387 e. The molecule has 0 aliphatic heterocycles. The standard InChI is InChI=1S/C17H13Cl2F2N5O2S/c18-11-2-1-3-12(19)14(11)23-13(27)8-29-17-25-24-15(26(17)22)9-4-6-10(7-5-9)28-16(20)21/h1-7,16H,8,22H2,(H,23,27). The number of halogens is 4. The van der Waals surface area contributed by atoms with Crippen LogP contribution in [0.4, 0.5) is 14.5 Å². The summed E-state index contributed by atoms with van der Waals surface area (Å²) in [6.07, 6.45) is 0. The minimum Gasteiger partial charge on any atom is -0.435 e. The first kappa shape index (κ1) is 21.2. The van der Waals surface area contributed by atoms with Crippen LogP contribution in [0.25, 0.3) is 11.4 Å². The molecule has 0 atom stereocenters. The van der Waals surface area contributed by atoms with Crippen LogP contribution in [-0.4, -0.2) is 33.1 Å². The van der Waals surface area contributed by atoms with Gasteiger partial charge in [-0.3, -0.25) is 4.79 Å². The zero-order valence-electron chi connectivity index (χ0n) is 14.5. The van der Waals surface area contributed by atoms with Crippen molar-refractivity contribution in [2.75, 3.05) is 16.9 Å². The third-order valence-electron chi connectivity index (χ3n) is 3.56. The Hall–Kier alpha value is -2.56. The molecule has 3 N–H and O–H groups in total. The molecule has 152 valence electrons. The number of anilines is 1. The van der Waals surface area contributed by atoms with Crippen molar-refractivity contribution < 1.29 is 18.3 Å². The second kappa shape index (κ2) is 9.29. The second-order valence-electron chi connectivity index (χ2n) is 5.51. The van der Waals surface area contributed by atoms with Gasteiger partial charge in [0.15, 0.2) is 5.82 Å². The Morgan fingerprint density at radius 1 is 1.17 bits per heavy atom. The zero-order chi connectivity index (χ0) is 21.0. The lowest BCUT2D eigenvalue weighted by molar-refractivity contribution is -0.113. The molecule has 3 aromatic rings. The van der Waals surface area contributed by atoms with Crippen molar-refractivity contribution in [1.29, 1.82) is 0 Å². The molecule has 0 saturated carbocycles. The third-order valence-corrected chi connectivity index (χ3v) is 5.13. The second-order valence-corrected chi connectivity index (χ2v) is 7.27. The first-order chi connectivity index (χ1) is 13.8. The van der Waals surface area contributed by atoms with Crippen LogP contribution in [0.3, 0.4) is 0 Å². The summed E-state index contributed by atoms with van der Waals surface area (Å²) < 4.78 is 29.9. The van der Waals surface area contributed by atoms with Gasteiger partial charge in [-0.15, -0.1) is 10.2 Å². The third kappa shape index (κ3) is 5.28. The Kier molecular flexibility index (Phi) is 6.78. The monoisotopic (exact) mass is 459 g/mol. The highest BCUT2D eigenvalue weighted by atomic mass is 35.5. The lowest BCUT2D eigenvalue weighted by Crippen LogP contribution is -2.17. The fraction of sp³-hybridized carbons (Fsp3) is 0.118. The average molecular weight is 460 g/mol. The van der Waals surface area contributed by atoms with Crippen LogP contribution in [0.1, 0.15) is 0 Å². The van der Waals surface area contributed by atoms with Gasteiger partial charge < -0.3 is 15.9 Å². The summed E-state index contributed by atoms with van der Waals surface area (Å²) in [6.45, 7) is -2.91. The van der Waals surface area contributed by atoms with E-state index >= 15 is 0 Å². The van der Waals surface area contributed by atoms with Crippen LogP contribution in [0.5, 0.6) is 5.75 Å². The molecule has 7 nitrogen and oxygen atoms in total. The molecule has 0 bridgehead atoms. The van der Waals surface area contributed by atoms with Crippen LogP contribution in [0.15, 0.2) is 47.6 Å². The fourth-order valence-corrected chi connectivity index (χ4v) is 3.43. The normalized spacial score (nSPS) is 10.9. The predicted octanol–water partition coefficient (Wildman–Crippen LogP) is 4.30. The molecule has 1 heterocycles. The van der Waals surface area contributed by atoms with Gasteiger partial charge in [-0.05, 0) is 36.4 Å². The summed E-state index contributed by atoms with van der Waals surface area (Å²) in [6, 6.07) is 10.7. The SMILES string of the molecule is Nn1c(SCC(=O)Nc2c(Cl)cccc2Cl)nnc1-c1ccc(OC(F)F)cc1. The summed E-state index contributed by atoms with van der Waals surface area (Å²) >= 11 is 13.1. The number of carbonyl (C=O) groups is 1. The molecule has 1 amide bonds. The molecule has 2 aromatic carbocycles. The molecule has 0 aliphatic rings. The maximum absolute atomic E-state index is 12.2. The van der Waals surface area contributed by atoms with Gasteiger partial charge in [0.1, 0.15) is 5.75 Å². The molecule has 1 aromatic heterocycles. The quantitative estimate of drug-likeness (QED) is 0.404. The molecule has 0 radical (unpaired) electrons.